The summed E-state index contributed by atoms with van der Waals surface area (Å²) in [5, 5.41) is 49.1. The van der Waals surface area contributed by atoms with Crippen LogP contribution in [0.2, 0.25) is 0 Å². The molecule has 0 aromatic heterocycles. The van der Waals surface area contributed by atoms with Gasteiger partial charge in [0, 0.05) is 25.9 Å². The molecule has 0 radical (unpaired) electrons. The van der Waals surface area contributed by atoms with Crippen molar-refractivity contribution in [2.45, 2.75) is 153 Å². The zero-order valence-electron chi connectivity index (χ0n) is 38.2. The quantitative estimate of drug-likeness (QED) is 0.0383. The second-order valence-corrected chi connectivity index (χ2v) is 16.0. The molecule has 0 aromatic rings. The number of nitrogens with zero attached hydrogens (tertiary/aromatic N) is 1. The van der Waals surface area contributed by atoms with Gasteiger partial charge in [-0.15, -0.1) is 0 Å². The van der Waals surface area contributed by atoms with Gasteiger partial charge in [0.2, 0.25) is 29.5 Å². The normalized spacial score (nSPS) is 12.5. The summed E-state index contributed by atoms with van der Waals surface area (Å²) in [6, 6.07) is -3.56. The van der Waals surface area contributed by atoms with Gasteiger partial charge in [-0.05, 0) is 65.0 Å². The number of ether oxygens (including phenoxy) is 2. The third-order valence-electron chi connectivity index (χ3n) is 10.2. The molecule has 0 heterocycles. The largest absolute Gasteiger partial charge is 0.481 e. The predicted octanol–water partition coefficient (Wildman–Crippen LogP) is 1.13. The van der Waals surface area contributed by atoms with Gasteiger partial charge in [0.05, 0.1) is 45.4 Å². The molecule has 22 heteroatoms. The van der Waals surface area contributed by atoms with Crippen LogP contribution in [-0.2, 0) is 52.6 Å². The van der Waals surface area contributed by atoms with Crippen molar-refractivity contribution in [3.05, 3.63) is 0 Å². The Balaban J connectivity index is 4.34. The number of unbranched alkanes of at least 4 members (excludes halogenated alkanes) is 13. The fourth-order valence-electron chi connectivity index (χ4n) is 6.70. The van der Waals surface area contributed by atoms with E-state index >= 15 is 0 Å². The number of nitrogens with two attached hydrogens (primary N) is 1. The van der Waals surface area contributed by atoms with Crippen molar-refractivity contribution < 1.29 is 73.1 Å². The Kier molecular flexibility index (Phi) is 36.4. The third-order valence-corrected chi connectivity index (χ3v) is 10.2. The van der Waals surface area contributed by atoms with Crippen molar-refractivity contribution >= 4 is 53.4 Å². The van der Waals surface area contributed by atoms with E-state index in [2.05, 4.69) is 26.6 Å². The number of aliphatic carboxylic acids is 4. The van der Waals surface area contributed by atoms with Gasteiger partial charge in [0.15, 0.2) is 0 Å². The fourth-order valence-corrected chi connectivity index (χ4v) is 6.70. The maximum Gasteiger partial charge on any atom is 0.317 e. The van der Waals surface area contributed by atoms with Gasteiger partial charge >= 0.3 is 23.9 Å². The number of carboxylic acid groups (broad SMARTS) is 4. The van der Waals surface area contributed by atoms with Crippen molar-refractivity contribution in [3.63, 3.8) is 0 Å². The lowest BCUT2D eigenvalue weighted by atomic mass is 10.0. The highest BCUT2D eigenvalue weighted by Crippen LogP contribution is 2.13. The molecule has 5 amide bonds. The maximum atomic E-state index is 13.3. The second kappa shape index (κ2) is 39.4. The fraction of sp³-hybridized carbons (Fsp3) is 0.791. The molecule has 0 saturated heterocycles. The molecule has 65 heavy (non-hydrogen) atoms. The lowest BCUT2D eigenvalue weighted by Gasteiger charge is -2.24. The van der Waals surface area contributed by atoms with Crippen molar-refractivity contribution in [2.24, 2.45) is 5.73 Å². The Labute approximate surface area is 382 Å². The van der Waals surface area contributed by atoms with E-state index in [9.17, 15) is 43.2 Å². The van der Waals surface area contributed by atoms with Crippen molar-refractivity contribution in [1.82, 2.24) is 31.5 Å². The van der Waals surface area contributed by atoms with Gasteiger partial charge in [-0.3, -0.25) is 48.1 Å². The average molecular weight is 932 g/mol. The molecule has 0 spiro atoms. The summed E-state index contributed by atoms with van der Waals surface area (Å²) in [7, 11) is 1.37. The molecule has 0 aliphatic rings. The summed E-state index contributed by atoms with van der Waals surface area (Å²) in [6.07, 6.45) is 14.5. The molecular formula is C43H77N7O15. The van der Waals surface area contributed by atoms with E-state index in [-0.39, 0.29) is 76.8 Å². The minimum Gasteiger partial charge on any atom is -0.481 e. The molecule has 0 aliphatic carbocycles. The standard InChI is InChI=1S/C43H77N7O15/c1-45-34(28-38(55)56)43(63)49-33(19-15-17-24-50(29-39(57)58)30-40(59)60)42(62)48-32(41(44)61)18-14-16-22-46-36(52)31-65-27-26-64-25-23-47-35(51)20-12-10-8-6-4-2-3-5-7-9-11-13-21-37(53)54/h32-34,45H,2-31H2,1H3,(H2,44,61)(H,46,52)(H,47,51)(H,48,62)(H,49,63)(H,53,54)(H,55,56)(H,57,58)(H,59,60)/t32-,33-,34-/m0/s1. The van der Waals surface area contributed by atoms with E-state index in [0.29, 0.717) is 32.4 Å². The lowest BCUT2D eigenvalue weighted by molar-refractivity contribution is -0.142. The zero-order valence-corrected chi connectivity index (χ0v) is 38.2. The Bertz CT molecular complexity index is 1410. The van der Waals surface area contributed by atoms with E-state index in [4.69, 9.17) is 35.6 Å². The van der Waals surface area contributed by atoms with Crippen molar-refractivity contribution in [3.8, 4) is 0 Å². The van der Waals surface area contributed by atoms with Gasteiger partial charge in [0.25, 0.3) is 0 Å². The Hall–Kier alpha value is -4.93. The smallest absolute Gasteiger partial charge is 0.317 e. The highest BCUT2D eigenvalue weighted by molar-refractivity contribution is 5.93. The summed E-state index contributed by atoms with van der Waals surface area (Å²) in [4.78, 5) is 108. The molecule has 0 aromatic carbocycles. The Morgan fingerprint density at radius 2 is 1.00 bits per heavy atom. The summed E-state index contributed by atoms with van der Waals surface area (Å²) in [5.41, 5.74) is 5.55. The summed E-state index contributed by atoms with van der Waals surface area (Å²) in [5.74, 6) is -7.21. The number of carbonyl (C=O) groups excluding carboxylic acids is 5. The van der Waals surface area contributed by atoms with E-state index in [1.54, 1.807) is 0 Å². The highest BCUT2D eigenvalue weighted by Gasteiger charge is 2.29. The third kappa shape index (κ3) is 37.0. The summed E-state index contributed by atoms with van der Waals surface area (Å²) >= 11 is 0. The minimum absolute atomic E-state index is 0.00886. The van der Waals surface area contributed by atoms with E-state index in [1.165, 1.54) is 37.6 Å². The van der Waals surface area contributed by atoms with Crippen LogP contribution in [0, 0.1) is 0 Å². The number of nitrogens with one attached hydrogen (secondary N) is 5. The zero-order chi connectivity index (χ0) is 48.7. The number of carboxylic acids is 4. The molecule has 0 fully saturated rings. The molecular weight excluding hydrogens is 855 g/mol. The number of carbonyl (C=O) groups is 9. The van der Waals surface area contributed by atoms with Crippen LogP contribution >= 0.6 is 0 Å². The average Bonchev–Trinajstić information content (AvgIpc) is 3.23. The van der Waals surface area contributed by atoms with E-state index in [0.717, 1.165) is 51.4 Å². The number of primary amides is 1. The topological polar surface area (TPSA) is 342 Å². The maximum absolute atomic E-state index is 13.3. The first-order chi connectivity index (χ1) is 31.0. The van der Waals surface area contributed by atoms with Gasteiger partial charge in [-0.1, -0.05) is 64.2 Å². The first-order valence-electron chi connectivity index (χ1n) is 22.9. The van der Waals surface area contributed by atoms with E-state index < -0.39 is 79.2 Å². The molecule has 0 saturated carbocycles. The summed E-state index contributed by atoms with van der Waals surface area (Å²) < 4.78 is 10.8. The lowest BCUT2D eigenvalue weighted by Crippen LogP contribution is -2.55. The van der Waals surface area contributed by atoms with Crippen LogP contribution in [0.15, 0.2) is 0 Å². The predicted molar refractivity (Wildman–Crippen MR) is 238 cm³/mol. The van der Waals surface area contributed by atoms with Gasteiger partial charge in [-0.2, -0.15) is 0 Å². The first-order valence-corrected chi connectivity index (χ1v) is 22.9. The van der Waals surface area contributed by atoms with Crippen LogP contribution in [0.4, 0.5) is 0 Å². The van der Waals surface area contributed by atoms with Crippen LogP contribution < -0.4 is 32.3 Å². The molecule has 374 valence electrons. The Morgan fingerprint density at radius 1 is 0.508 bits per heavy atom. The van der Waals surface area contributed by atoms with Crippen LogP contribution in [0.25, 0.3) is 0 Å². The first kappa shape index (κ1) is 60.1. The number of amides is 5. The number of hydrogen-bond donors (Lipinski definition) is 10. The minimum atomic E-state index is -1.26. The summed E-state index contributed by atoms with van der Waals surface area (Å²) in [6.45, 7) is 0.146. The van der Waals surface area contributed by atoms with Crippen LogP contribution in [0.3, 0.4) is 0 Å². The van der Waals surface area contributed by atoms with Crippen LogP contribution in [0.1, 0.15) is 135 Å². The van der Waals surface area contributed by atoms with Crippen LogP contribution in [0.5, 0.6) is 0 Å². The van der Waals surface area contributed by atoms with Gasteiger partial charge in [-0.25, -0.2) is 0 Å². The van der Waals surface area contributed by atoms with Crippen molar-refractivity contribution in [1.29, 1.82) is 0 Å². The van der Waals surface area contributed by atoms with Gasteiger partial charge < -0.3 is 62.2 Å². The number of likely N-dealkylation sites (N-methyl/N-ethyl adjacent to an activating group) is 1. The van der Waals surface area contributed by atoms with Crippen LogP contribution in [-0.4, -0.2) is 163 Å². The van der Waals surface area contributed by atoms with Gasteiger partial charge in [0.1, 0.15) is 18.7 Å². The van der Waals surface area contributed by atoms with Crippen molar-refractivity contribution in [2.75, 3.05) is 66.2 Å². The second-order valence-electron chi connectivity index (χ2n) is 16.0. The molecule has 22 nitrogen and oxygen atoms in total. The monoisotopic (exact) mass is 932 g/mol. The number of hydrogen-bond acceptors (Lipinski definition) is 13. The van der Waals surface area contributed by atoms with E-state index in [1.807, 2.05) is 0 Å². The highest BCUT2D eigenvalue weighted by atomic mass is 16.5. The molecule has 3 atom stereocenters. The Morgan fingerprint density at radius 3 is 1.54 bits per heavy atom. The SMILES string of the molecule is CN[C@@H](CC(=O)O)C(=O)N[C@@H](CCCCN(CC(=O)O)CC(=O)O)C(=O)N[C@@H](CCCCNC(=O)COCCOCCNC(=O)CCCCCCCCCCCCCCC(=O)O)C(N)=O. The molecule has 11 N–H and O–H groups in total. The molecule has 0 aliphatic heterocycles. The number of rotatable bonds is 45. The molecule has 0 bridgehead atoms. The molecule has 0 rings (SSSR count). The molecule has 0 unspecified atom stereocenters.